The Morgan fingerprint density at radius 2 is 1.64 bits per heavy atom. The Hall–Kier alpha value is -1.76. The molecule has 1 heteroatoms. The van der Waals surface area contributed by atoms with Crippen molar-refractivity contribution in [3.63, 3.8) is 0 Å². The normalized spacial score (nSPS) is 12.5. The lowest BCUT2D eigenvalue weighted by Gasteiger charge is -2.24. The first-order chi connectivity index (χ1) is 10.8. The SMILES string of the molecule is CCCCc1ccc2c(c1CCCC)Cc1ccccc1O2. The van der Waals surface area contributed by atoms with Gasteiger partial charge in [-0.15, -0.1) is 0 Å². The molecule has 2 aromatic carbocycles. The Morgan fingerprint density at radius 1 is 0.864 bits per heavy atom. The number of fused-ring (bicyclic) bond motifs is 2. The topological polar surface area (TPSA) is 9.23 Å². The molecule has 0 atom stereocenters. The maximum absolute atomic E-state index is 6.16. The van der Waals surface area contributed by atoms with Gasteiger partial charge in [0.1, 0.15) is 11.5 Å². The van der Waals surface area contributed by atoms with E-state index in [-0.39, 0.29) is 0 Å². The van der Waals surface area contributed by atoms with Crippen LogP contribution in [-0.2, 0) is 19.3 Å². The third-order valence-corrected chi connectivity index (χ3v) is 4.62. The molecule has 0 amide bonds. The Bertz CT molecular complexity index is 642. The van der Waals surface area contributed by atoms with Gasteiger partial charge in [-0.3, -0.25) is 0 Å². The lowest BCUT2D eigenvalue weighted by molar-refractivity contribution is 0.458. The summed E-state index contributed by atoms with van der Waals surface area (Å²) < 4.78 is 6.16. The summed E-state index contributed by atoms with van der Waals surface area (Å²) in [6.07, 6.45) is 8.43. The van der Waals surface area contributed by atoms with Gasteiger partial charge < -0.3 is 4.74 Å². The molecular formula is C21H26O. The molecule has 1 nitrogen and oxygen atoms in total. The molecule has 3 rings (SSSR count). The number of aryl methyl sites for hydroxylation is 1. The Kier molecular flexibility index (Phi) is 4.82. The fourth-order valence-electron chi connectivity index (χ4n) is 3.33. The zero-order valence-corrected chi connectivity index (χ0v) is 13.8. The molecule has 1 heterocycles. The van der Waals surface area contributed by atoms with Gasteiger partial charge in [-0.1, -0.05) is 51.0 Å². The summed E-state index contributed by atoms with van der Waals surface area (Å²) in [7, 11) is 0. The lowest BCUT2D eigenvalue weighted by atomic mass is 9.88. The summed E-state index contributed by atoms with van der Waals surface area (Å²) >= 11 is 0. The molecule has 2 aromatic rings. The van der Waals surface area contributed by atoms with E-state index in [0.29, 0.717) is 0 Å². The molecule has 116 valence electrons. The van der Waals surface area contributed by atoms with Crippen LogP contribution in [0.3, 0.4) is 0 Å². The van der Waals surface area contributed by atoms with Gasteiger partial charge in [0.05, 0.1) is 0 Å². The number of ether oxygens (including phenoxy) is 1. The van der Waals surface area contributed by atoms with Crippen molar-refractivity contribution >= 4 is 0 Å². The summed E-state index contributed by atoms with van der Waals surface area (Å²) in [6.45, 7) is 4.54. The maximum Gasteiger partial charge on any atom is 0.131 e. The number of benzene rings is 2. The van der Waals surface area contributed by atoms with Crippen LogP contribution in [0.25, 0.3) is 0 Å². The van der Waals surface area contributed by atoms with Crippen LogP contribution in [0, 0.1) is 0 Å². The van der Waals surface area contributed by atoms with Gasteiger partial charge in [-0.2, -0.15) is 0 Å². The molecule has 0 saturated carbocycles. The van der Waals surface area contributed by atoms with Gasteiger partial charge in [0.2, 0.25) is 0 Å². The fraction of sp³-hybridized carbons (Fsp3) is 0.429. The summed E-state index contributed by atoms with van der Waals surface area (Å²) in [5, 5.41) is 0. The number of rotatable bonds is 6. The molecule has 0 aromatic heterocycles. The van der Waals surface area contributed by atoms with E-state index in [0.717, 1.165) is 17.9 Å². The average Bonchev–Trinajstić information content (AvgIpc) is 2.56. The third-order valence-electron chi connectivity index (χ3n) is 4.62. The monoisotopic (exact) mass is 294 g/mol. The predicted octanol–water partition coefficient (Wildman–Crippen LogP) is 6.07. The van der Waals surface area contributed by atoms with Crippen LogP contribution < -0.4 is 4.74 Å². The molecule has 0 N–H and O–H groups in total. The minimum Gasteiger partial charge on any atom is -0.457 e. The van der Waals surface area contributed by atoms with Crippen molar-refractivity contribution in [3.8, 4) is 11.5 Å². The summed E-state index contributed by atoms with van der Waals surface area (Å²) in [5.41, 5.74) is 5.85. The van der Waals surface area contributed by atoms with Crippen molar-refractivity contribution in [2.45, 2.75) is 58.8 Å². The quantitative estimate of drug-likeness (QED) is 0.536. The van der Waals surface area contributed by atoms with Crippen LogP contribution in [0.4, 0.5) is 0 Å². The minimum atomic E-state index is 1.02. The highest BCUT2D eigenvalue weighted by Crippen LogP contribution is 2.39. The van der Waals surface area contributed by atoms with E-state index in [1.807, 2.05) is 0 Å². The first-order valence-electron chi connectivity index (χ1n) is 8.72. The Balaban J connectivity index is 1.98. The smallest absolute Gasteiger partial charge is 0.131 e. The number of unbranched alkanes of at least 4 members (excludes halogenated alkanes) is 2. The standard InChI is InChI=1S/C21H26O/c1-3-5-9-16-13-14-21-19(18(16)11-6-4-2)15-17-10-7-8-12-20(17)22-21/h7-8,10,12-14H,3-6,9,11,15H2,1-2H3. The molecule has 22 heavy (non-hydrogen) atoms. The molecule has 0 spiro atoms. The van der Waals surface area contributed by atoms with Gasteiger partial charge in [0, 0.05) is 12.0 Å². The molecule has 0 fully saturated rings. The third kappa shape index (κ3) is 3.04. The number of hydrogen-bond acceptors (Lipinski definition) is 1. The highest BCUT2D eigenvalue weighted by atomic mass is 16.5. The summed E-state index contributed by atoms with van der Waals surface area (Å²) in [6, 6.07) is 12.9. The molecule has 0 aliphatic carbocycles. The second kappa shape index (κ2) is 7.00. The van der Waals surface area contributed by atoms with E-state index in [1.54, 1.807) is 5.56 Å². The molecular weight excluding hydrogens is 268 g/mol. The Morgan fingerprint density at radius 3 is 2.45 bits per heavy atom. The molecule has 0 unspecified atom stereocenters. The largest absolute Gasteiger partial charge is 0.457 e. The summed E-state index contributed by atoms with van der Waals surface area (Å²) in [5.74, 6) is 2.10. The number of para-hydroxylation sites is 1. The first kappa shape index (κ1) is 15.1. The van der Waals surface area contributed by atoms with E-state index >= 15 is 0 Å². The second-order valence-corrected chi connectivity index (χ2v) is 6.27. The zero-order valence-electron chi connectivity index (χ0n) is 13.8. The van der Waals surface area contributed by atoms with Crippen molar-refractivity contribution in [1.82, 2.24) is 0 Å². The first-order valence-corrected chi connectivity index (χ1v) is 8.72. The molecule has 0 saturated heterocycles. The van der Waals surface area contributed by atoms with Crippen LogP contribution >= 0.6 is 0 Å². The van der Waals surface area contributed by atoms with Crippen molar-refractivity contribution in [2.75, 3.05) is 0 Å². The van der Waals surface area contributed by atoms with E-state index in [4.69, 9.17) is 4.74 Å². The second-order valence-electron chi connectivity index (χ2n) is 6.27. The van der Waals surface area contributed by atoms with Crippen molar-refractivity contribution in [3.05, 3.63) is 58.7 Å². The van der Waals surface area contributed by atoms with E-state index in [9.17, 15) is 0 Å². The van der Waals surface area contributed by atoms with Gasteiger partial charge >= 0.3 is 0 Å². The van der Waals surface area contributed by atoms with Crippen LogP contribution in [-0.4, -0.2) is 0 Å². The Labute approximate surface area is 134 Å². The van der Waals surface area contributed by atoms with Crippen molar-refractivity contribution < 1.29 is 4.74 Å². The fourth-order valence-corrected chi connectivity index (χ4v) is 3.33. The molecule has 1 aliphatic heterocycles. The zero-order chi connectivity index (χ0) is 15.4. The molecule has 0 radical (unpaired) electrons. The van der Waals surface area contributed by atoms with Crippen LogP contribution in [0.5, 0.6) is 11.5 Å². The maximum atomic E-state index is 6.16. The van der Waals surface area contributed by atoms with E-state index in [2.05, 4.69) is 50.2 Å². The molecule has 0 bridgehead atoms. The number of hydrogen-bond donors (Lipinski definition) is 0. The van der Waals surface area contributed by atoms with Crippen molar-refractivity contribution in [2.24, 2.45) is 0 Å². The van der Waals surface area contributed by atoms with Crippen LogP contribution in [0.1, 0.15) is 61.8 Å². The van der Waals surface area contributed by atoms with Gasteiger partial charge in [0.15, 0.2) is 0 Å². The lowest BCUT2D eigenvalue weighted by Crippen LogP contribution is -2.09. The average molecular weight is 294 g/mol. The van der Waals surface area contributed by atoms with Gasteiger partial charge in [-0.05, 0) is 54.5 Å². The highest BCUT2D eigenvalue weighted by Gasteiger charge is 2.21. The minimum absolute atomic E-state index is 1.02. The van der Waals surface area contributed by atoms with E-state index in [1.165, 1.54) is 55.2 Å². The van der Waals surface area contributed by atoms with Crippen LogP contribution in [0.2, 0.25) is 0 Å². The van der Waals surface area contributed by atoms with Gasteiger partial charge in [0.25, 0.3) is 0 Å². The molecule has 1 aliphatic rings. The van der Waals surface area contributed by atoms with Crippen molar-refractivity contribution in [1.29, 1.82) is 0 Å². The van der Waals surface area contributed by atoms with E-state index < -0.39 is 0 Å². The predicted molar refractivity (Wildman–Crippen MR) is 93.0 cm³/mol. The highest BCUT2D eigenvalue weighted by molar-refractivity contribution is 5.54. The van der Waals surface area contributed by atoms with Gasteiger partial charge in [-0.25, -0.2) is 0 Å². The van der Waals surface area contributed by atoms with Crippen LogP contribution in [0.15, 0.2) is 36.4 Å². The summed E-state index contributed by atoms with van der Waals surface area (Å²) in [4.78, 5) is 0.